The van der Waals surface area contributed by atoms with Crippen LogP contribution in [0.1, 0.15) is 24.5 Å². The molecule has 1 atom stereocenters. The molecule has 0 bridgehead atoms. The summed E-state index contributed by atoms with van der Waals surface area (Å²) in [5.41, 5.74) is 1.48. The van der Waals surface area contributed by atoms with Gasteiger partial charge in [-0.1, -0.05) is 12.1 Å². The number of benzene rings is 1. The normalized spacial score (nSPS) is 18.8. The van der Waals surface area contributed by atoms with Gasteiger partial charge in [-0.3, -0.25) is 4.90 Å². The topological polar surface area (TPSA) is 63.5 Å². The van der Waals surface area contributed by atoms with Crippen molar-refractivity contribution in [1.82, 2.24) is 15.5 Å². The van der Waals surface area contributed by atoms with Crippen LogP contribution >= 0.6 is 0 Å². The molecule has 0 aliphatic carbocycles. The zero-order valence-electron chi connectivity index (χ0n) is 14.1. The van der Waals surface area contributed by atoms with Gasteiger partial charge in [-0.2, -0.15) is 18.4 Å². The molecule has 136 valence electrons. The van der Waals surface area contributed by atoms with E-state index in [1.165, 1.54) is 4.90 Å². The van der Waals surface area contributed by atoms with Crippen LogP contribution in [0.3, 0.4) is 0 Å². The number of nitriles is 1. The second-order valence-electron chi connectivity index (χ2n) is 5.99. The summed E-state index contributed by atoms with van der Waals surface area (Å²) in [5.74, 6) is 0.573. The third-order valence-corrected chi connectivity index (χ3v) is 3.84. The minimum Gasteiger partial charge on any atom is -0.357 e. The van der Waals surface area contributed by atoms with Crippen LogP contribution in [-0.2, 0) is 6.54 Å². The van der Waals surface area contributed by atoms with Crippen LogP contribution in [0.2, 0.25) is 0 Å². The summed E-state index contributed by atoms with van der Waals surface area (Å²) >= 11 is 0. The molecule has 0 aromatic heterocycles. The van der Waals surface area contributed by atoms with Crippen LogP contribution in [0.25, 0.3) is 0 Å². The number of guanidine groups is 1. The Morgan fingerprint density at radius 2 is 2.24 bits per heavy atom. The molecule has 1 aliphatic rings. The third-order valence-electron chi connectivity index (χ3n) is 3.84. The van der Waals surface area contributed by atoms with Crippen LogP contribution < -0.4 is 10.6 Å². The van der Waals surface area contributed by atoms with E-state index >= 15 is 0 Å². The number of halogens is 3. The molecule has 1 aromatic rings. The zero-order valence-corrected chi connectivity index (χ0v) is 14.1. The van der Waals surface area contributed by atoms with E-state index in [2.05, 4.69) is 21.7 Å². The minimum atomic E-state index is -4.17. The van der Waals surface area contributed by atoms with Crippen molar-refractivity contribution in [2.45, 2.75) is 32.1 Å². The van der Waals surface area contributed by atoms with Crippen molar-refractivity contribution in [1.29, 1.82) is 5.26 Å². The average molecular weight is 353 g/mol. The fourth-order valence-electron chi connectivity index (χ4n) is 2.77. The van der Waals surface area contributed by atoms with Crippen molar-refractivity contribution >= 4 is 5.96 Å². The smallest absolute Gasteiger partial charge is 0.357 e. The number of hydrogen-bond acceptors (Lipinski definition) is 3. The average Bonchev–Trinajstić information content (AvgIpc) is 2.98. The number of nitrogens with zero attached hydrogens (tertiary/aromatic N) is 3. The molecule has 2 rings (SSSR count). The first kappa shape index (κ1) is 19.1. The van der Waals surface area contributed by atoms with E-state index in [0.717, 1.165) is 5.56 Å². The Bertz CT molecular complexity index is 636. The second-order valence-corrected chi connectivity index (χ2v) is 5.99. The molecule has 1 heterocycles. The van der Waals surface area contributed by atoms with Crippen molar-refractivity contribution in [3.63, 3.8) is 0 Å². The number of alkyl halides is 3. The van der Waals surface area contributed by atoms with Crippen molar-refractivity contribution in [2.24, 2.45) is 4.99 Å². The standard InChI is InChI=1S/C17H22F3N5/c1-2-22-16(23-10-14-5-3-4-13(8-14)9-21)24-15-6-7-25(11-15)12-17(18,19)20/h3-5,8,15H,2,6-7,10-12H2,1H3,(H2,22,23,24). The largest absolute Gasteiger partial charge is 0.401 e. The van der Waals surface area contributed by atoms with Gasteiger partial charge in [0.25, 0.3) is 0 Å². The summed E-state index contributed by atoms with van der Waals surface area (Å²) in [5, 5.41) is 15.2. The molecule has 1 aromatic carbocycles. The molecule has 1 fully saturated rings. The minimum absolute atomic E-state index is 0.0643. The number of aliphatic imine (C=N–C) groups is 1. The lowest BCUT2D eigenvalue weighted by molar-refractivity contribution is -0.143. The van der Waals surface area contributed by atoms with E-state index in [-0.39, 0.29) is 6.04 Å². The van der Waals surface area contributed by atoms with Gasteiger partial charge >= 0.3 is 6.18 Å². The molecular weight excluding hydrogens is 331 g/mol. The highest BCUT2D eigenvalue weighted by atomic mass is 19.4. The number of likely N-dealkylation sites (tertiary alicyclic amines) is 1. The van der Waals surface area contributed by atoms with Gasteiger partial charge in [0.2, 0.25) is 0 Å². The van der Waals surface area contributed by atoms with Gasteiger partial charge in [-0.25, -0.2) is 4.99 Å². The van der Waals surface area contributed by atoms with Gasteiger partial charge in [0, 0.05) is 25.7 Å². The van der Waals surface area contributed by atoms with E-state index in [9.17, 15) is 13.2 Å². The number of nitrogens with one attached hydrogen (secondary N) is 2. The molecule has 2 N–H and O–H groups in total. The Balaban J connectivity index is 1.93. The molecule has 1 unspecified atom stereocenters. The van der Waals surface area contributed by atoms with Crippen LogP contribution in [0.4, 0.5) is 13.2 Å². The van der Waals surface area contributed by atoms with Crippen LogP contribution in [0.5, 0.6) is 0 Å². The highest BCUT2D eigenvalue weighted by molar-refractivity contribution is 5.80. The lowest BCUT2D eigenvalue weighted by atomic mass is 10.1. The summed E-state index contributed by atoms with van der Waals surface area (Å²) in [7, 11) is 0. The van der Waals surface area contributed by atoms with Gasteiger partial charge in [0.05, 0.1) is 24.7 Å². The Kier molecular flexibility index (Phi) is 6.65. The highest BCUT2D eigenvalue weighted by Gasteiger charge is 2.34. The fraction of sp³-hybridized carbons (Fsp3) is 0.529. The third kappa shape index (κ3) is 6.63. The quantitative estimate of drug-likeness (QED) is 0.630. The van der Waals surface area contributed by atoms with Crippen molar-refractivity contribution in [3.05, 3.63) is 35.4 Å². The first-order valence-electron chi connectivity index (χ1n) is 8.22. The summed E-state index contributed by atoms with van der Waals surface area (Å²) in [4.78, 5) is 5.87. The molecule has 0 saturated carbocycles. The molecule has 25 heavy (non-hydrogen) atoms. The lowest BCUT2D eigenvalue weighted by Crippen LogP contribution is -2.45. The first-order valence-corrected chi connectivity index (χ1v) is 8.22. The maximum atomic E-state index is 12.5. The van der Waals surface area contributed by atoms with Crippen LogP contribution in [0.15, 0.2) is 29.3 Å². The second kappa shape index (κ2) is 8.72. The molecule has 1 aliphatic heterocycles. The van der Waals surface area contributed by atoms with Crippen molar-refractivity contribution < 1.29 is 13.2 Å². The number of hydrogen-bond donors (Lipinski definition) is 2. The molecule has 1 saturated heterocycles. The zero-order chi connectivity index (χ0) is 18.3. The Hall–Kier alpha value is -2.27. The first-order chi connectivity index (χ1) is 11.9. The molecular formula is C17H22F3N5. The van der Waals surface area contributed by atoms with E-state index < -0.39 is 12.7 Å². The molecule has 5 nitrogen and oxygen atoms in total. The van der Waals surface area contributed by atoms with Gasteiger partial charge < -0.3 is 10.6 Å². The van der Waals surface area contributed by atoms with E-state index in [4.69, 9.17) is 5.26 Å². The molecule has 0 radical (unpaired) electrons. The maximum absolute atomic E-state index is 12.5. The molecule has 0 spiro atoms. The summed E-state index contributed by atoms with van der Waals surface area (Å²) in [6.07, 6.45) is -3.52. The monoisotopic (exact) mass is 353 g/mol. The summed E-state index contributed by atoms with van der Waals surface area (Å²) in [6.45, 7) is 2.86. The highest BCUT2D eigenvalue weighted by Crippen LogP contribution is 2.19. The molecule has 0 amide bonds. The summed E-state index contributed by atoms with van der Waals surface area (Å²) < 4.78 is 37.4. The Morgan fingerprint density at radius 3 is 2.92 bits per heavy atom. The van der Waals surface area contributed by atoms with Crippen molar-refractivity contribution in [2.75, 3.05) is 26.2 Å². The lowest BCUT2D eigenvalue weighted by Gasteiger charge is -2.19. The van der Waals surface area contributed by atoms with Crippen LogP contribution in [0, 0.1) is 11.3 Å². The van der Waals surface area contributed by atoms with E-state index in [1.807, 2.05) is 13.0 Å². The van der Waals surface area contributed by atoms with Gasteiger partial charge in [0.15, 0.2) is 5.96 Å². The summed E-state index contributed by atoms with van der Waals surface area (Å²) in [6, 6.07) is 9.20. The fourth-order valence-corrected chi connectivity index (χ4v) is 2.77. The maximum Gasteiger partial charge on any atom is 0.401 e. The predicted octanol–water partition coefficient (Wildman–Crippen LogP) is 2.25. The van der Waals surface area contributed by atoms with E-state index in [1.54, 1.807) is 18.2 Å². The van der Waals surface area contributed by atoms with Gasteiger partial charge in [-0.05, 0) is 31.0 Å². The SMILES string of the molecule is CCNC(=NCc1cccc(C#N)c1)NC1CCN(CC(F)(F)F)C1. The Morgan fingerprint density at radius 1 is 1.44 bits per heavy atom. The predicted molar refractivity (Wildman–Crippen MR) is 90.0 cm³/mol. The van der Waals surface area contributed by atoms with Crippen LogP contribution in [-0.4, -0.2) is 49.3 Å². The Labute approximate surface area is 145 Å². The van der Waals surface area contributed by atoms with Gasteiger partial charge in [-0.15, -0.1) is 0 Å². The van der Waals surface area contributed by atoms with E-state index in [0.29, 0.717) is 44.1 Å². The number of rotatable bonds is 5. The molecule has 8 heteroatoms. The van der Waals surface area contributed by atoms with Gasteiger partial charge in [0.1, 0.15) is 0 Å². The van der Waals surface area contributed by atoms with Crippen molar-refractivity contribution in [3.8, 4) is 6.07 Å².